The zero-order chi connectivity index (χ0) is 10.1. The summed E-state index contributed by atoms with van der Waals surface area (Å²) in [6, 6.07) is 3.73. The summed E-state index contributed by atoms with van der Waals surface area (Å²) in [6.45, 7) is 1.11. The molecule has 0 radical (unpaired) electrons. The van der Waals surface area contributed by atoms with Gasteiger partial charge in [-0.2, -0.15) is 0 Å². The summed E-state index contributed by atoms with van der Waals surface area (Å²) in [5.74, 6) is -0.135. The van der Waals surface area contributed by atoms with Gasteiger partial charge in [0.15, 0.2) is 0 Å². The molecule has 0 unspecified atom stereocenters. The van der Waals surface area contributed by atoms with Crippen molar-refractivity contribution in [1.29, 1.82) is 0 Å². The van der Waals surface area contributed by atoms with E-state index in [2.05, 4.69) is 20.9 Å². The van der Waals surface area contributed by atoms with Crippen LogP contribution < -0.4 is 4.90 Å². The van der Waals surface area contributed by atoms with Gasteiger partial charge in [-0.05, 0) is 12.1 Å². The predicted octanol–water partition coefficient (Wildman–Crippen LogP) is 1.36. The Morgan fingerprint density at radius 3 is 2.93 bits per heavy atom. The van der Waals surface area contributed by atoms with Crippen LogP contribution >= 0.6 is 15.9 Å². The third-order valence-electron chi connectivity index (χ3n) is 2.26. The molecule has 0 bridgehead atoms. The maximum Gasteiger partial charge on any atom is 0.310 e. The molecule has 1 N–H and O–H groups in total. The smallest absolute Gasteiger partial charge is 0.310 e. The maximum atomic E-state index is 10.6. The molecule has 0 saturated carbocycles. The van der Waals surface area contributed by atoms with Crippen molar-refractivity contribution in [2.45, 2.75) is 0 Å². The molecule has 2 heterocycles. The minimum Gasteiger partial charge on any atom is -0.481 e. The second kappa shape index (κ2) is 3.57. The molecule has 74 valence electrons. The lowest BCUT2D eigenvalue weighted by molar-refractivity contribution is -0.142. The summed E-state index contributed by atoms with van der Waals surface area (Å²) in [5.41, 5.74) is 0. The molecular weight excluding hydrogens is 248 g/mol. The third-order valence-corrected chi connectivity index (χ3v) is 2.76. The second-order valence-corrected chi connectivity index (χ2v) is 4.19. The van der Waals surface area contributed by atoms with Gasteiger partial charge in [0, 0.05) is 23.8 Å². The lowest BCUT2D eigenvalue weighted by Gasteiger charge is -2.37. The van der Waals surface area contributed by atoms with Crippen LogP contribution in [0.25, 0.3) is 0 Å². The minimum absolute atomic E-state index is 0.240. The first-order valence-corrected chi connectivity index (χ1v) is 5.05. The average Bonchev–Trinajstić information content (AvgIpc) is 2.00. The molecule has 2 rings (SSSR count). The van der Waals surface area contributed by atoms with E-state index in [-0.39, 0.29) is 5.92 Å². The number of hydrogen-bond acceptors (Lipinski definition) is 3. The minimum atomic E-state index is -0.726. The highest BCUT2D eigenvalue weighted by molar-refractivity contribution is 9.10. The fourth-order valence-corrected chi connectivity index (χ4v) is 1.71. The molecule has 0 spiro atoms. The van der Waals surface area contributed by atoms with Crippen molar-refractivity contribution in [3.8, 4) is 0 Å². The van der Waals surface area contributed by atoms with E-state index in [1.54, 1.807) is 6.20 Å². The summed E-state index contributed by atoms with van der Waals surface area (Å²) in [5, 5.41) is 8.70. The van der Waals surface area contributed by atoms with Crippen LogP contribution in [-0.4, -0.2) is 29.1 Å². The molecule has 5 heteroatoms. The first-order valence-electron chi connectivity index (χ1n) is 4.26. The van der Waals surface area contributed by atoms with Crippen LogP contribution in [0, 0.1) is 5.92 Å². The van der Waals surface area contributed by atoms with Gasteiger partial charge in [-0.1, -0.05) is 15.9 Å². The van der Waals surface area contributed by atoms with E-state index in [1.165, 1.54) is 0 Å². The van der Waals surface area contributed by atoms with Gasteiger partial charge in [-0.25, -0.2) is 4.98 Å². The van der Waals surface area contributed by atoms with Crippen molar-refractivity contribution in [2.75, 3.05) is 18.0 Å². The molecular formula is C9H9BrN2O2. The number of hydrogen-bond donors (Lipinski definition) is 1. The maximum absolute atomic E-state index is 10.6. The molecule has 1 aromatic rings. The lowest BCUT2D eigenvalue weighted by Crippen LogP contribution is -2.50. The Morgan fingerprint density at radius 2 is 2.36 bits per heavy atom. The zero-order valence-electron chi connectivity index (χ0n) is 7.35. The van der Waals surface area contributed by atoms with E-state index in [0.717, 1.165) is 10.3 Å². The predicted molar refractivity (Wildman–Crippen MR) is 55.3 cm³/mol. The van der Waals surface area contributed by atoms with E-state index in [0.29, 0.717) is 13.1 Å². The van der Waals surface area contributed by atoms with E-state index in [1.807, 2.05) is 17.0 Å². The first-order chi connectivity index (χ1) is 6.66. The molecule has 0 amide bonds. The van der Waals surface area contributed by atoms with Crippen molar-refractivity contribution in [3.63, 3.8) is 0 Å². The number of aromatic nitrogens is 1. The Morgan fingerprint density at radius 1 is 1.64 bits per heavy atom. The number of carboxylic acid groups (broad SMARTS) is 1. The van der Waals surface area contributed by atoms with Crippen LogP contribution in [0.4, 0.5) is 5.82 Å². The van der Waals surface area contributed by atoms with Crippen LogP contribution in [-0.2, 0) is 4.79 Å². The second-order valence-electron chi connectivity index (χ2n) is 3.27. The molecule has 0 aliphatic carbocycles. The van der Waals surface area contributed by atoms with Crippen molar-refractivity contribution in [1.82, 2.24) is 4.98 Å². The van der Waals surface area contributed by atoms with E-state index in [4.69, 9.17) is 5.11 Å². The third kappa shape index (κ3) is 1.72. The highest BCUT2D eigenvalue weighted by atomic mass is 79.9. The van der Waals surface area contributed by atoms with E-state index in [9.17, 15) is 4.79 Å². The quantitative estimate of drug-likeness (QED) is 0.869. The molecule has 0 aromatic carbocycles. The fraction of sp³-hybridized carbons (Fsp3) is 0.333. The number of aliphatic carboxylic acids is 1. The Hall–Kier alpha value is -1.10. The molecule has 1 saturated heterocycles. The van der Waals surface area contributed by atoms with Gasteiger partial charge in [0.05, 0.1) is 5.92 Å². The van der Waals surface area contributed by atoms with Crippen LogP contribution in [0.2, 0.25) is 0 Å². The monoisotopic (exact) mass is 256 g/mol. The van der Waals surface area contributed by atoms with Crippen molar-refractivity contribution < 1.29 is 9.90 Å². The summed E-state index contributed by atoms with van der Waals surface area (Å²) in [4.78, 5) is 16.7. The Balaban J connectivity index is 2.03. The summed E-state index contributed by atoms with van der Waals surface area (Å²) in [7, 11) is 0. The van der Waals surface area contributed by atoms with Crippen molar-refractivity contribution >= 4 is 27.7 Å². The number of carboxylic acids is 1. The normalized spacial score (nSPS) is 16.5. The van der Waals surface area contributed by atoms with Crippen LogP contribution in [0.1, 0.15) is 0 Å². The molecule has 4 nitrogen and oxygen atoms in total. The van der Waals surface area contributed by atoms with Gasteiger partial charge >= 0.3 is 5.97 Å². The van der Waals surface area contributed by atoms with Gasteiger partial charge in [0.1, 0.15) is 5.82 Å². The van der Waals surface area contributed by atoms with E-state index < -0.39 is 5.97 Å². The Kier molecular flexibility index (Phi) is 2.41. The van der Waals surface area contributed by atoms with Crippen LogP contribution in [0.3, 0.4) is 0 Å². The zero-order valence-corrected chi connectivity index (χ0v) is 8.94. The summed E-state index contributed by atoms with van der Waals surface area (Å²) in [6.07, 6.45) is 1.70. The highest BCUT2D eigenvalue weighted by Gasteiger charge is 2.33. The van der Waals surface area contributed by atoms with Gasteiger partial charge in [-0.15, -0.1) is 0 Å². The number of carbonyl (C=O) groups is 1. The molecule has 1 aliphatic rings. The van der Waals surface area contributed by atoms with Crippen molar-refractivity contribution in [3.05, 3.63) is 22.8 Å². The molecule has 14 heavy (non-hydrogen) atoms. The molecule has 1 aliphatic heterocycles. The number of pyridine rings is 1. The summed E-state index contributed by atoms with van der Waals surface area (Å²) < 4.78 is 0.960. The highest BCUT2D eigenvalue weighted by Crippen LogP contribution is 2.24. The SMILES string of the molecule is O=C(O)C1CN(c2cc(Br)ccn2)C1. The number of halogens is 1. The Bertz CT molecular complexity index is 364. The molecule has 1 fully saturated rings. The summed E-state index contributed by atoms with van der Waals surface area (Å²) >= 11 is 3.34. The van der Waals surface area contributed by atoms with E-state index >= 15 is 0 Å². The Labute approximate surface area is 89.7 Å². The van der Waals surface area contributed by atoms with Gasteiger partial charge < -0.3 is 10.0 Å². The standard InChI is InChI=1S/C9H9BrN2O2/c10-7-1-2-11-8(3-7)12-4-6(5-12)9(13)14/h1-3,6H,4-5H2,(H,13,14). The van der Waals surface area contributed by atoms with Crippen LogP contribution in [0.5, 0.6) is 0 Å². The van der Waals surface area contributed by atoms with Crippen LogP contribution in [0.15, 0.2) is 22.8 Å². The number of nitrogens with zero attached hydrogens (tertiary/aromatic N) is 2. The van der Waals surface area contributed by atoms with Gasteiger partial charge in [-0.3, -0.25) is 4.79 Å². The largest absolute Gasteiger partial charge is 0.481 e. The number of anilines is 1. The average molecular weight is 257 g/mol. The lowest BCUT2D eigenvalue weighted by atomic mass is 10.0. The van der Waals surface area contributed by atoms with Gasteiger partial charge in [0.25, 0.3) is 0 Å². The molecule has 0 atom stereocenters. The number of rotatable bonds is 2. The van der Waals surface area contributed by atoms with Crippen molar-refractivity contribution in [2.24, 2.45) is 5.92 Å². The fourth-order valence-electron chi connectivity index (χ4n) is 1.39. The molecule has 1 aromatic heterocycles. The first kappa shape index (κ1) is 9.45. The topological polar surface area (TPSA) is 53.4 Å². The van der Waals surface area contributed by atoms with Gasteiger partial charge in [0.2, 0.25) is 0 Å².